The number of carboxylic acids is 1. The summed E-state index contributed by atoms with van der Waals surface area (Å²) < 4.78 is 25.0. The zero-order valence-electron chi connectivity index (χ0n) is 12.5. The van der Waals surface area contributed by atoms with Crippen molar-refractivity contribution in [3.8, 4) is 16.2 Å². The molecule has 3 rings (SSSR count). The van der Waals surface area contributed by atoms with E-state index in [1.54, 1.807) is 17.5 Å². The van der Waals surface area contributed by atoms with Crippen molar-refractivity contribution in [3.63, 3.8) is 0 Å². The van der Waals surface area contributed by atoms with Gasteiger partial charge in [0.15, 0.2) is 0 Å². The average Bonchev–Trinajstić information content (AvgIpc) is 3.17. The third-order valence-electron chi connectivity index (χ3n) is 3.66. The maximum Gasteiger partial charge on any atom is 0.307 e. The molecular formula is C17H17FO4S. The van der Waals surface area contributed by atoms with Crippen LogP contribution in [-0.2, 0) is 16.0 Å². The molecule has 1 aromatic carbocycles. The zero-order valence-corrected chi connectivity index (χ0v) is 13.3. The van der Waals surface area contributed by atoms with Crippen LogP contribution >= 0.6 is 11.3 Å². The highest BCUT2D eigenvalue weighted by Crippen LogP contribution is 2.35. The predicted octanol–water partition coefficient (Wildman–Crippen LogP) is 3.74. The summed E-state index contributed by atoms with van der Waals surface area (Å²) in [5, 5.41) is 10.6. The largest absolute Gasteiger partial charge is 0.490 e. The Morgan fingerprint density at radius 3 is 3.04 bits per heavy atom. The molecule has 2 heterocycles. The van der Waals surface area contributed by atoms with E-state index in [0.717, 1.165) is 24.3 Å². The first kappa shape index (κ1) is 16.0. The molecule has 6 heteroatoms. The third-order valence-corrected chi connectivity index (χ3v) is 4.68. The summed E-state index contributed by atoms with van der Waals surface area (Å²) in [6.07, 6.45) is 2.04. The van der Waals surface area contributed by atoms with E-state index < -0.39 is 5.97 Å². The van der Waals surface area contributed by atoms with Crippen molar-refractivity contribution in [2.45, 2.75) is 25.4 Å². The van der Waals surface area contributed by atoms with Crippen molar-refractivity contribution in [3.05, 3.63) is 41.0 Å². The molecule has 4 nitrogen and oxygen atoms in total. The number of halogens is 1. The number of aliphatic carboxylic acids is 1. The van der Waals surface area contributed by atoms with Gasteiger partial charge in [0.25, 0.3) is 0 Å². The first-order chi connectivity index (χ1) is 11.1. The van der Waals surface area contributed by atoms with E-state index in [2.05, 4.69) is 0 Å². The van der Waals surface area contributed by atoms with Crippen LogP contribution in [-0.4, -0.2) is 30.4 Å². The number of hydrogen-bond acceptors (Lipinski definition) is 4. The molecule has 1 aromatic heterocycles. The number of carboxylic acid groups (broad SMARTS) is 1. The highest BCUT2D eigenvalue weighted by molar-refractivity contribution is 7.13. The molecule has 0 aliphatic carbocycles. The summed E-state index contributed by atoms with van der Waals surface area (Å²) in [4.78, 5) is 11.6. The zero-order chi connectivity index (χ0) is 16.2. The molecule has 23 heavy (non-hydrogen) atoms. The minimum Gasteiger partial charge on any atom is -0.490 e. The lowest BCUT2D eigenvalue weighted by Crippen LogP contribution is -2.16. The maximum atomic E-state index is 13.6. The van der Waals surface area contributed by atoms with Gasteiger partial charge in [0.1, 0.15) is 18.2 Å². The van der Waals surface area contributed by atoms with E-state index in [1.165, 1.54) is 23.5 Å². The van der Waals surface area contributed by atoms with E-state index >= 15 is 0 Å². The Morgan fingerprint density at radius 1 is 1.43 bits per heavy atom. The summed E-state index contributed by atoms with van der Waals surface area (Å²) in [6.45, 7) is 1.19. The van der Waals surface area contributed by atoms with Crippen LogP contribution in [0.1, 0.15) is 18.4 Å². The van der Waals surface area contributed by atoms with Gasteiger partial charge >= 0.3 is 5.97 Å². The van der Waals surface area contributed by atoms with Crippen molar-refractivity contribution in [1.82, 2.24) is 0 Å². The number of thiophene rings is 1. The van der Waals surface area contributed by atoms with Crippen molar-refractivity contribution in [2.75, 3.05) is 13.2 Å². The summed E-state index contributed by atoms with van der Waals surface area (Å²) >= 11 is 1.38. The Hall–Kier alpha value is -1.92. The summed E-state index contributed by atoms with van der Waals surface area (Å²) in [7, 11) is 0. The predicted molar refractivity (Wildman–Crippen MR) is 85.5 cm³/mol. The molecule has 1 unspecified atom stereocenters. The van der Waals surface area contributed by atoms with Gasteiger partial charge in [0.2, 0.25) is 0 Å². The molecular weight excluding hydrogens is 319 g/mol. The lowest BCUT2D eigenvalue weighted by atomic mass is 10.1. The quantitative estimate of drug-likeness (QED) is 0.873. The fourth-order valence-electron chi connectivity index (χ4n) is 2.56. The molecule has 0 radical (unpaired) electrons. The van der Waals surface area contributed by atoms with E-state index in [4.69, 9.17) is 14.6 Å². The maximum absolute atomic E-state index is 13.6. The van der Waals surface area contributed by atoms with Gasteiger partial charge in [-0.1, -0.05) is 0 Å². The van der Waals surface area contributed by atoms with Crippen LogP contribution in [0.5, 0.6) is 5.75 Å². The van der Waals surface area contributed by atoms with Gasteiger partial charge in [0.05, 0.1) is 12.5 Å². The fourth-order valence-corrected chi connectivity index (χ4v) is 3.50. The summed E-state index contributed by atoms with van der Waals surface area (Å²) in [6, 6.07) is 6.16. The summed E-state index contributed by atoms with van der Waals surface area (Å²) in [5.74, 6) is -0.647. The molecule has 0 saturated carbocycles. The molecule has 0 spiro atoms. The second kappa shape index (κ2) is 7.10. The highest BCUT2D eigenvalue weighted by Gasteiger charge is 2.18. The SMILES string of the molecule is O=C(O)Cc1csc(-c2cc(F)ccc2OCC2CCCO2)c1. The normalized spacial score (nSPS) is 17.3. The van der Waals surface area contributed by atoms with E-state index in [1.807, 2.05) is 0 Å². The van der Waals surface area contributed by atoms with Crippen LogP contribution in [0.2, 0.25) is 0 Å². The second-order valence-corrected chi connectivity index (χ2v) is 6.39. The van der Waals surface area contributed by atoms with Gasteiger partial charge in [-0.05, 0) is 48.1 Å². The Morgan fingerprint density at radius 2 is 2.30 bits per heavy atom. The lowest BCUT2D eigenvalue weighted by Gasteiger charge is -2.14. The molecule has 1 atom stereocenters. The van der Waals surface area contributed by atoms with Crippen LogP contribution < -0.4 is 4.74 Å². The number of hydrogen-bond donors (Lipinski definition) is 1. The Kier molecular flexibility index (Phi) is 4.93. The molecule has 0 bridgehead atoms. The first-order valence-corrected chi connectivity index (χ1v) is 8.33. The Bertz CT molecular complexity index is 692. The highest BCUT2D eigenvalue weighted by atomic mass is 32.1. The number of carbonyl (C=O) groups is 1. The average molecular weight is 336 g/mol. The fraction of sp³-hybridized carbons (Fsp3) is 0.353. The van der Waals surface area contributed by atoms with Gasteiger partial charge in [-0.25, -0.2) is 4.39 Å². The van der Waals surface area contributed by atoms with Gasteiger partial charge < -0.3 is 14.6 Å². The molecule has 1 saturated heterocycles. The van der Waals surface area contributed by atoms with Gasteiger partial charge in [-0.2, -0.15) is 0 Å². The molecule has 122 valence electrons. The Balaban J connectivity index is 1.80. The van der Waals surface area contributed by atoms with Crippen molar-refractivity contribution in [1.29, 1.82) is 0 Å². The smallest absolute Gasteiger partial charge is 0.307 e. The summed E-state index contributed by atoms with van der Waals surface area (Å²) in [5.41, 5.74) is 1.34. The molecule has 1 fully saturated rings. The molecule has 0 amide bonds. The van der Waals surface area contributed by atoms with Crippen LogP contribution in [0, 0.1) is 5.82 Å². The van der Waals surface area contributed by atoms with Crippen molar-refractivity contribution >= 4 is 17.3 Å². The van der Waals surface area contributed by atoms with Crippen LogP contribution in [0.4, 0.5) is 4.39 Å². The van der Waals surface area contributed by atoms with Gasteiger partial charge in [-0.3, -0.25) is 4.79 Å². The standard InChI is InChI=1S/C17H17FO4S/c18-12-3-4-15(22-9-13-2-1-5-21-13)14(8-12)16-6-11(10-23-16)7-17(19)20/h3-4,6,8,10,13H,1-2,5,7,9H2,(H,19,20). The lowest BCUT2D eigenvalue weighted by molar-refractivity contribution is -0.136. The van der Waals surface area contributed by atoms with E-state index in [9.17, 15) is 9.18 Å². The molecule has 1 N–H and O–H groups in total. The number of rotatable bonds is 6. The number of benzene rings is 1. The third kappa shape index (κ3) is 4.09. The molecule has 1 aliphatic rings. The van der Waals surface area contributed by atoms with Crippen molar-refractivity contribution < 1.29 is 23.8 Å². The van der Waals surface area contributed by atoms with E-state index in [0.29, 0.717) is 23.5 Å². The van der Waals surface area contributed by atoms with Gasteiger partial charge in [-0.15, -0.1) is 11.3 Å². The second-order valence-electron chi connectivity index (χ2n) is 5.48. The van der Waals surface area contributed by atoms with Crippen LogP contribution in [0.3, 0.4) is 0 Å². The topological polar surface area (TPSA) is 55.8 Å². The minimum atomic E-state index is -0.886. The van der Waals surface area contributed by atoms with Crippen LogP contribution in [0.15, 0.2) is 29.6 Å². The van der Waals surface area contributed by atoms with E-state index in [-0.39, 0.29) is 18.3 Å². The number of ether oxygens (including phenoxy) is 2. The first-order valence-electron chi connectivity index (χ1n) is 7.45. The molecule has 2 aromatic rings. The van der Waals surface area contributed by atoms with Crippen molar-refractivity contribution in [2.24, 2.45) is 0 Å². The Labute approximate surface area is 137 Å². The monoisotopic (exact) mass is 336 g/mol. The van der Waals surface area contributed by atoms with Gasteiger partial charge in [0, 0.05) is 17.0 Å². The molecule has 1 aliphatic heterocycles. The van der Waals surface area contributed by atoms with Crippen LogP contribution in [0.25, 0.3) is 10.4 Å². The minimum absolute atomic E-state index is 0.0437.